The zero-order valence-electron chi connectivity index (χ0n) is 13.3. The van der Waals surface area contributed by atoms with Gasteiger partial charge in [-0.2, -0.15) is 0 Å². The molecule has 3 atom stereocenters. The second-order valence-corrected chi connectivity index (χ2v) is 5.92. The van der Waals surface area contributed by atoms with E-state index < -0.39 is 0 Å². The number of ether oxygens (including phenoxy) is 2. The van der Waals surface area contributed by atoms with E-state index in [9.17, 15) is 0 Å². The van der Waals surface area contributed by atoms with Crippen LogP contribution in [-0.4, -0.2) is 15.8 Å². The normalized spacial score (nSPS) is 24.3. The van der Waals surface area contributed by atoms with Gasteiger partial charge in [-0.15, -0.1) is 0 Å². The summed E-state index contributed by atoms with van der Waals surface area (Å²) < 4.78 is 14.0. The highest BCUT2D eigenvalue weighted by molar-refractivity contribution is 5.86. The topological polar surface area (TPSA) is 36.3 Å². The lowest BCUT2D eigenvalue weighted by atomic mass is 9.97. The lowest BCUT2D eigenvalue weighted by Gasteiger charge is -2.20. The Kier molecular flexibility index (Phi) is 3.63. The zero-order valence-corrected chi connectivity index (χ0v) is 13.3. The first-order chi connectivity index (χ1) is 11.3. The van der Waals surface area contributed by atoms with Crippen molar-refractivity contribution in [1.29, 1.82) is 0 Å². The van der Waals surface area contributed by atoms with Crippen molar-refractivity contribution in [2.45, 2.75) is 38.9 Å². The molecule has 23 heavy (non-hydrogen) atoms. The summed E-state index contributed by atoms with van der Waals surface area (Å²) in [5.74, 6) is 0. The third-order valence-electron chi connectivity index (χ3n) is 4.44. The summed E-state index contributed by atoms with van der Waals surface area (Å²) in [5.41, 5.74) is 2.50. The Morgan fingerprint density at radius 2 is 2.09 bits per heavy atom. The summed E-state index contributed by atoms with van der Waals surface area (Å²) in [4.78, 5) is 4.14. The lowest BCUT2D eigenvalue weighted by molar-refractivity contribution is -0.0608. The number of nitrogens with zero attached hydrogens (tertiary/aromatic N) is 2. The molecule has 0 N–H and O–H groups in total. The van der Waals surface area contributed by atoms with E-state index in [1.54, 1.807) is 12.5 Å². The lowest BCUT2D eigenvalue weighted by Crippen LogP contribution is -2.13. The van der Waals surface area contributed by atoms with Crippen LogP contribution >= 0.6 is 0 Å². The molecule has 1 saturated heterocycles. The van der Waals surface area contributed by atoms with Crippen LogP contribution in [0.25, 0.3) is 10.8 Å². The molecule has 3 unspecified atom stereocenters. The van der Waals surface area contributed by atoms with Gasteiger partial charge < -0.3 is 14.0 Å². The number of hydrogen-bond donors (Lipinski definition) is 0. The molecule has 0 saturated carbocycles. The monoisotopic (exact) mass is 308 g/mol. The molecule has 1 aromatic heterocycles. The minimum Gasteiger partial charge on any atom is -0.340 e. The van der Waals surface area contributed by atoms with Crippen molar-refractivity contribution in [1.82, 2.24) is 9.55 Å². The second-order valence-electron chi connectivity index (χ2n) is 5.92. The molecule has 1 aliphatic heterocycles. The van der Waals surface area contributed by atoms with Crippen molar-refractivity contribution in [3.05, 3.63) is 66.2 Å². The van der Waals surface area contributed by atoms with Crippen LogP contribution in [-0.2, 0) is 15.9 Å². The van der Waals surface area contributed by atoms with Crippen molar-refractivity contribution >= 4 is 10.8 Å². The number of imidazole rings is 1. The maximum absolute atomic E-state index is 6.09. The van der Waals surface area contributed by atoms with Crippen molar-refractivity contribution in [2.75, 3.05) is 0 Å². The number of hydrogen-bond acceptors (Lipinski definition) is 3. The van der Waals surface area contributed by atoms with Gasteiger partial charge in [-0.25, -0.2) is 4.98 Å². The fourth-order valence-electron chi connectivity index (χ4n) is 3.26. The SMILES string of the molecule is CCc1ccc2cccc(C3OC(C)OC3n3ccnc3)c2c1. The minimum absolute atomic E-state index is 0.144. The molecule has 4 rings (SSSR count). The second kappa shape index (κ2) is 5.80. The van der Waals surface area contributed by atoms with Gasteiger partial charge >= 0.3 is 0 Å². The molecule has 1 fully saturated rings. The van der Waals surface area contributed by atoms with E-state index in [2.05, 4.69) is 48.3 Å². The van der Waals surface area contributed by atoms with Gasteiger partial charge in [0.2, 0.25) is 0 Å². The third kappa shape index (κ3) is 2.54. The fourth-order valence-corrected chi connectivity index (χ4v) is 3.26. The van der Waals surface area contributed by atoms with Crippen molar-refractivity contribution in [3.8, 4) is 0 Å². The van der Waals surface area contributed by atoms with Gasteiger partial charge in [-0.1, -0.05) is 43.3 Å². The highest BCUT2D eigenvalue weighted by Crippen LogP contribution is 2.41. The van der Waals surface area contributed by atoms with E-state index in [0.717, 1.165) is 6.42 Å². The van der Waals surface area contributed by atoms with Gasteiger partial charge in [-0.05, 0) is 35.2 Å². The number of aryl methyl sites for hydroxylation is 1. The molecule has 0 bridgehead atoms. The van der Waals surface area contributed by atoms with E-state index in [-0.39, 0.29) is 18.6 Å². The van der Waals surface area contributed by atoms with Gasteiger partial charge in [0.25, 0.3) is 0 Å². The van der Waals surface area contributed by atoms with Crippen LogP contribution in [0.2, 0.25) is 0 Å². The van der Waals surface area contributed by atoms with Gasteiger partial charge in [0.05, 0.1) is 6.33 Å². The molecule has 1 aliphatic rings. The molecule has 3 aromatic rings. The number of rotatable bonds is 3. The van der Waals surface area contributed by atoms with Crippen LogP contribution in [0.15, 0.2) is 55.1 Å². The number of fused-ring (bicyclic) bond motifs is 1. The van der Waals surface area contributed by atoms with Gasteiger partial charge in [0.15, 0.2) is 12.5 Å². The Morgan fingerprint density at radius 1 is 1.17 bits per heavy atom. The van der Waals surface area contributed by atoms with Crippen LogP contribution in [0.4, 0.5) is 0 Å². The Bertz CT molecular complexity index is 813. The molecule has 4 nitrogen and oxygen atoms in total. The van der Waals surface area contributed by atoms with E-state index in [4.69, 9.17) is 9.47 Å². The summed E-state index contributed by atoms with van der Waals surface area (Å²) in [7, 11) is 0. The highest BCUT2D eigenvalue weighted by Gasteiger charge is 2.36. The summed E-state index contributed by atoms with van der Waals surface area (Å²) in [6.07, 6.45) is 5.91. The van der Waals surface area contributed by atoms with Crippen LogP contribution in [0.3, 0.4) is 0 Å². The van der Waals surface area contributed by atoms with Crippen molar-refractivity contribution < 1.29 is 9.47 Å². The van der Waals surface area contributed by atoms with E-state index in [1.807, 2.05) is 17.7 Å². The highest BCUT2D eigenvalue weighted by atomic mass is 16.7. The first-order valence-electron chi connectivity index (χ1n) is 8.06. The molecular weight excluding hydrogens is 288 g/mol. The molecule has 0 radical (unpaired) electrons. The van der Waals surface area contributed by atoms with Gasteiger partial charge in [0.1, 0.15) is 6.10 Å². The average Bonchev–Trinajstić information content (AvgIpc) is 3.23. The standard InChI is InChI=1S/C19H20N2O2/c1-3-14-7-8-15-5-4-6-16(17(15)11-14)18-19(23-13(2)22-18)21-10-9-20-12-21/h4-13,18-19H,3H2,1-2H3. The number of benzene rings is 2. The predicted molar refractivity (Wildman–Crippen MR) is 89.0 cm³/mol. The summed E-state index contributed by atoms with van der Waals surface area (Å²) in [5, 5.41) is 2.46. The van der Waals surface area contributed by atoms with Crippen molar-refractivity contribution in [3.63, 3.8) is 0 Å². The molecule has 0 aliphatic carbocycles. The maximum atomic E-state index is 6.09. The third-order valence-corrected chi connectivity index (χ3v) is 4.44. The minimum atomic E-state index is -0.239. The predicted octanol–water partition coefficient (Wildman–Crippen LogP) is 4.23. The Labute approximate surface area is 135 Å². The zero-order chi connectivity index (χ0) is 15.8. The summed E-state index contributed by atoms with van der Waals surface area (Å²) in [6.45, 7) is 4.11. The van der Waals surface area contributed by atoms with Crippen LogP contribution in [0.5, 0.6) is 0 Å². The number of aromatic nitrogens is 2. The fraction of sp³-hybridized carbons (Fsp3) is 0.316. The maximum Gasteiger partial charge on any atom is 0.168 e. The van der Waals surface area contributed by atoms with Crippen molar-refractivity contribution in [2.24, 2.45) is 0 Å². The van der Waals surface area contributed by atoms with E-state index in [1.165, 1.54) is 21.9 Å². The quantitative estimate of drug-likeness (QED) is 0.726. The Hall–Kier alpha value is -2.17. The smallest absolute Gasteiger partial charge is 0.168 e. The summed E-state index contributed by atoms with van der Waals surface area (Å²) in [6, 6.07) is 13.0. The average molecular weight is 308 g/mol. The Morgan fingerprint density at radius 3 is 2.87 bits per heavy atom. The van der Waals surface area contributed by atoms with Crippen LogP contribution < -0.4 is 0 Å². The Balaban J connectivity index is 1.83. The van der Waals surface area contributed by atoms with Gasteiger partial charge in [0, 0.05) is 12.4 Å². The van der Waals surface area contributed by atoms with E-state index >= 15 is 0 Å². The van der Waals surface area contributed by atoms with Crippen LogP contribution in [0.1, 0.15) is 37.3 Å². The molecule has 0 amide bonds. The molecule has 118 valence electrons. The molecule has 0 spiro atoms. The molecule has 4 heteroatoms. The summed E-state index contributed by atoms with van der Waals surface area (Å²) >= 11 is 0. The molecule has 2 heterocycles. The first kappa shape index (κ1) is 14.4. The van der Waals surface area contributed by atoms with Gasteiger partial charge in [-0.3, -0.25) is 0 Å². The van der Waals surface area contributed by atoms with Crippen LogP contribution in [0, 0.1) is 0 Å². The largest absolute Gasteiger partial charge is 0.340 e. The molecular formula is C19H20N2O2. The molecule has 2 aromatic carbocycles. The van der Waals surface area contributed by atoms with E-state index in [0.29, 0.717) is 0 Å². The first-order valence-corrected chi connectivity index (χ1v) is 8.06.